The van der Waals surface area contributed by atoms with Crippen molar-refractivity contribution in [3.05, 3.63) is 77.6 Å². The van der Waals surface area contributed by atoms with Crippen molar-refractivity contribution in [3.8, 4) is 0 Å². The van der Waals surface area contributed by atoms with Crippen LogP contribution in [0.2, 0.25) is 0 Å². The van der Waals surface area contributed by atoms with E-state index in [2.05, 4.69) is 59.5 Å². The van der Waals surface area contributed by atoms with Crippen LogP contribution in [-0.2, 0) is 4.79 Å². The van der Waals surface area contributed by atoms with E-state index in [9.17, 15) is 9.90 Å². The fourth-order valence-electron chi connectivity index (χ4n) is 4.08. The minimum atomic E-state index is -0.676. The molecule has 1 saturated heterocycles. The van der Waals surface area contributed by atoms with Crippen LogP contribution in [0.3, 0.4) is 0 Å². The number of hydrogen-bond donors (Lipinski definition) is 1. The lowest BCUT2D eigenvalue weighted by Gasteiger charge is -2.37. The first-order valence-electron chi connectivity index (χ1n) is 9.50. The van der Waals surface area contributed by atoms with Crippen molar-refractivity contribution in [1.29, 1.82) is 0 Å². The molecule has 4 rings (SSSR count). The molecule has 1 aliphatic rings. The fraction of sp³-hybridized carbons (Fsp3) is 0.304. The molecular formula is C23H24N2O2. The van der Waals surface area contributed by atoms with Gasteiger partial charge in [-0.2, -0.15) is 0 Å². The van der Waals surface area contributed by atoms with Crippen LogP contribution in [0.5, 0.6) is 0 Å². The number of carboxylic acids is 1. The molecular weight excluding hydrogens is 336 g/mol. The van der Waals surface area contributed by atoms with Crippen LogP contribution < -0.4 is 0 Å². The predicted octanol–water partition coefficient (Wildman–Crippen LogP) is 4.43. The smallest absolute Gasteiger partial charge is 0.306 e. The summed E-state index contributed by atoms with van der Waals surface area (Å²) in [6, 6.07) is 19.1. The molecule has 2 heterocycles. The molecule has 4 heteroatoms. The van der Waals surface area contributed by atoms with Crippen molar-refractivity contribution in [3.63, 3.8) is 0 Å². The van der Waals surface area contributed by atoms with Gasteiger partial charge in [-0.25, -0.2) is 0 Å². The second-order valence-corrected chi connectivity index (χ2v) is 7.38. The van der Waals surface area contributed by atoms with Crippen LogP contribution in [0.15, 0.2) is 60.8 Å². The Labute approximate surface area is 159 Å². The molecule has 1 atom stereocenters. The van der Waals surface area contributed by atoms with Crippen LogP contribution in [0.4, 0.5) is 0 Å². The average Bonchev–Trinajstić information content (AvgIpc) is 2.70. The van der Waals surface area contributed by atoms with Gasteiger partial charge in [0, 0.05) is 6.20 Å². The Morgan fingerprint density at radius 1 is 1.07 bits per heavy atom. The summed E-state index contributed by atoms with van der Waals surface area (Å²) in [6.45, 7) is 3.57. The third-order valence-corrected chi connectivity index (χ3v) is 5.58. The molecule has 0 aliphatic carbocycles. The molecule has 4 nitrogen and oxygen atoms in total. The molecule has 1 aliphatic heterocycles. The number of pyridine rings is 1. The molecule has 1 fully saturated rings. The molecule has 1 N–H and O–H groups in total. The lowest BCUT2D eigenvalue weighted by molar-refractivity contribution is -0.143. The first-order chi connectivity index (χ1) is 13.1. The second-order valence-electron chi connectivity index (χ2n) is 7.38. The van der Waals surface area contributed by atoms with Crippen LogP contribution in [0.25, 0.3) is 10.8 Å². The minimum Gasteiger partial charge on any atom is -0.481 e. The van der Waals surface area contributed by atoms with E-state index in [4.69, 9.17) is 4.98 Å². The number of aliphatic carboxylic acids is 1. The SMILES string of the molecule is Cc1ccc(C(c2cccc3ccccc23)N2CCC(C(=O)O)CC2)nc1. The highest BCUT2D eigenvalue weighted by atomic mass is 16.4. The third-order valence-electron chi connectivity index (χ3n) is 5.58. The Kier molecular flexibility index (Phi) is 4.90. The first-order valence-corrected chi connectivity index (χ1v) is 9.50. The molecule has 2 aromatic carbocycles. The molecule has 3 aromatic rings. The predicted molar refractivity (Wildman–Crippen MR) is 107 cm³/mol. The lowest BCUT2D eigenvalue weighted by atomic mass is 9.91. The maximum atomic E-state index is 11.4. The van der Waals surface area contributed by atoms with Crippen molar-refractivity contribution in [2.24, 2.45) is 5.92 Å². The van der Waals surface area contributed by atoms with Crippen molar-refractivity contribution in [2.45, 2.75) is 25.8 Å². The quantitative estimate of drug-likeness (QED) is 0.748. The van der Waals surface area contributed by atoms with Gasteiger partial charge in [-0.05, 0) is 60.8 Å². The Bertz CT molecular complexity index is 939. The Hall–Kier alpha value is -2.72. The maximum Gasteiger partial charge on any atom is 0.306 e. The van der Waals surface area contributed by atoms with Gasteiger partial charge in [0.1, 0.15) is 0 Å². The summed E-state index contributed by atoms with van der Waals surface area (Å²) in [5.74, 6) is -0.912. The van der Waals surface area contributed by atoms with Gasteiger partial charge in [0.05, 0.1) is 17.7 Å². The van der Waals surface area contributed by atoms with E-state index in [1.807, 2.05) is 13.1 Å². The number of nitrogens with zero attached hydrogens (tertiary/aromatic N) is 2. The van der Waals surface area contributed by atoms with Gasteiger partial charge in [0.2, 0.25) is 0 Å². The Balaban J connectivity index is 1.77. The Morgan fingerprint density at radius 2 is 1.81 bits per heavy atom. The zero-order valence-electron chi connectivity index (χ0n) is 15.5. The van der Waals surface area contributed by atoms with E-state index >= 15 is 0 Å². The lowest BCUT2D eigenvalue weighted by Crippen LogP contribution is -2.39. The number of likely N-dealkylation sites (tertiary alicyclic amines) is 1. The van der Waals surface area contributed by atoms with Crippen molar-refractivity contribution < 1.29 is 9.90 Å². The van der Waals surface area contributed by atoms with Crippen molar-refractivity contribution in [1.82, 2.24) is 9.88 Å². The highest BCUT2D eigenvalue weighted by molar-refractivity contribution is 5.86. The van der Waals surface area contributed by atoms with E-state index in [-0.39, 0.29) is 12.0 Å². The molecule has 138 valence electrons. The topological polar surface area (TPSA) is 53.4 Å². The third kappa shape index (κ3) is 3.58. The molecule has 0 amide bonds. The summed E-state index contributed by atoms with van der Waals surface area (Å²) in [4.78, 5) is 18.5. The Morgan fingerprint density at radius 3 is 2.52 bits per heavy atom. The number of piperidine rings is 1. The molecule has 0 saturated carbocycles. The van der Waals surface area contributed by atoms with Gasteiger partial charge >= 0.3 is 5.97 Å². The van der Waals surface area contributed by atoms with Crippen LogP contribution in [0.1, 0.15) is 35.7 Å². The number of fused-ring (bicyclic) bond motifs is 1. The van der Waals surface area contributed by atoms with Gasteiger partial charge in [-0.1, -0.05) is 48.5 Å². The standard InChI is InChI=1S/C23H24N2O2/c1-16-9-10-21(24-15-16)22(25-13-11-18(12-14-25)23(26)27)20-8-4-6-17-5-2-3-7-19(17)20/h2-10,15,18,22H,11-14H2,1H3,(H,26,27). The molecule has 1 aromatic heterocycles. The van der Waals surface area contributed by atoms with Crippen LogP contribution in [-0.4, -0.2) is 34.0 Å². The van der Waals surface area contributed by atoms with Gasteiger partial charge in [-0.3, -0.25) is 14.7 Å². The summed E-state index contributed by atoms with van der Waals surface area (Å²) < 4.78 is 0. The summed E-state index contributed by atoms with van der Waals surface area (Å²) in [7, 11) is 0. The van der Waals surface area contributed by atoms with Crippen LogP contribution >= 0.6 is 0 Å². The van der Waals surface area contributed by atoms with E-state index in [0.717, 1.165) is 24.3 Å². The molecule has 0 spiro atoms. The summed E-state index contributed by atoms with van der Waals surface area (Å²) >= 11 is 0. The molecule has 27 heavy (non-hydrogen) atoms. The van der Waals surface area contributed by atoms with Gasteiger partial charge in [0.15, 0.2) is 0 Å². The number of benzene rings is 2. The number of carboxylic acid groups (broad SMARTS) is 1. The summed E-state index contributed by atoms with van der Waals surface area (Å²) in [5, 5.41) is 11.8. The molecule has 0 bridgehead atoms. The van der Waals surface area contributed by atoms with E-state index in [1.54, 1.807) is 0 Å². The van der Waals surface area contributed by atoms with Gasteiger partial charge < -0.3 is 5.11 Å². The van der Waals surface area contributed by atoms with Crippen LogP contribution in [0, 0.1) is 12.8 Å². The summed E-state index contributed by atoms with van der Waals surface area (Å²) in [6.07, 6.45) is 3.28. The number of carbonyl (C=O) groups is 1. The van der Waals surface area contributed by atoms with Crippen molar-refractivity contribution in [2.75, 3.05) is 13.1 Å². The first kappa shape index (κ1) is 17.7. The number of rotatable bonds is 4. The largest absolute Gasteiger partial charge is 0.481 e. The molecule has 0 radical (unpaired) electrons. The summed E-state index contributed by atoms with van der Waals surface area (Å²) in [5.41, 5.74) is 3.39. The zero-order valence-corrected chi connectivity index (χ0v) is 15.5. The number of aryl methyl sites for hydroxylation is 1. The normalized spacial score (nSPS) is 17.1. The average molecular weight is 360 g/mol. The highest BCUT2D eigenvalue weighted by Crippen LogP contribution is 2.35. The van der Waals surface area contributed by atoms with Gasteiger partial charge in [-0.15, -0.1) is 0 Å². The number of hydrogen-bond acceptors (Lipinski definition) is 3. The van der Waals surface area contributed by atoms with E-state index in [1.165, 1.54) is 16.3 Å². The van der Waals surface area contributed by atoms with Gasteiger partial charge in [0.25, 0.3) is 0 Å². The fourth-order valence-corrected chi connectivity index (χ4v) is 4.08. The van der Waals surface area contributed by atoms with E-state index < -0.39 is 5.97 Å². The second kappa shape index (κ2) is 7.49. The molecule has 1 unspecified atom stereocenters. The van der Waals surface area contributed by atoms with Crippen molar-refractivity contribution >= 4 is 16.7 Å². The highest BCUT2D eigenvalue weighted by Gasteiger charge is 2.31. The number of aromatic nitrogens is 1. The zero-order chi connectivity index (χ0) is 18.8. The maximum absolute atomic E-state index is 11.4. The van der Waals surface area contributed by atoms with E-state index in [0.29, 0.717) is 12.8 Å². The minimum absolute atomic E-state index is 0.0337. The monoisotopic (exact) mass is 360 g/mol.